The average Bonchev–Trinajstić information content (AvgIpc) is 3.35. The van der Waals surface area contributed by atoms with Gasteiger partial charge in [0.05, 0.1) is 18.3 Å². The Morgan fingerprint density at radius 3 is 3.11 bits per heavy atom. The number of ether oxygens (including phenoxy) is 1. The van der Waals surface area contributed by atoms with Crippen LogP contribution in [0.3, 0.4) is 0 Å². The summed E-state index contributed by atoms with van der Waals surface area (Å²) in [6, 6.07) is 6.62. The molecule has 3 aliphatic heterocycles. The van der Waals surface area contributed by atoms with E-state index in [1.807, 2.05) is 4.90 Å². The number of hydrogen-bond donors (Lipinski definition) is 1. The van der Waals surface area contributed by atoms with Crippen LogP contribution in [-0.2, 0) is 22.5 Å². The zero-order valence-electron chi connectivity index (χ0n) is 15.6. The van der Waals surface area contributed by atoms with Gasteiger partial charge in [0.2, 0.25) is 5.91 Å². The van der Waals surface area contributed by atoms with Crippen molar-refractivity contribution in [3.8, 4) is 11.3 Å². The first-order chi connectivity index (χ1) is 13.2. The van der Waals surface area contributed by atoms with Crippen LogP contribution in [0.2, 0.25) is 0 Å². The summed E-state index contributed by atoms with van der Waals surface area (Å²) >= 11 is 0. The van der Waals surface area contributed by atoms with Crippen LogP contribution in [0, 0.1) is 0 Å². The Bertz CT molecular complexity index is 925. The number of hydrogen-bond acceptors (Lipinski definition) is 4. The van der Waals surface area contributed by atoms with E-state index in [-0.39, 0.29) is 5.91 Å². The molecule has 0 saturated carbocycles. The molecule has 140 valence electrons. The van der Waals surface area contributed by atoms with Gasteiger partial charge in [0.15, 0.2) is 0 Å². The first-order valence-corrected chi connectivity index (χ1v) is 9.69. The molecule has 2 aromatic rings. The van der Waals surface area contributed by atoms with Crippen molar-refractivity contribution in [3.63, 3.8) is 0 Å². The molecule has 0 spiro atoms. The second-order valence-electron chi connectivity index (χ2n) is 7.48. The SMILES string of the molecule is CC(=O)N1CCc2c(c(-c3cccc4c3C=CCN4)nn2C2CCOC2)C1. The predicted molar refractivity (Wildman–Crippen MR) is 104 cm³/mol. The van der Waals surface area contributed by atoms with Gasteiger partial charge in [-0.25, -0.2) is 0 Å². The monoisotopic (exact) mass is 364 g/mol. The maximum absolute atomic E-state index is 12.0. The minimum Gasteiger partial charge on any atom is -0.381 e. The minimum absolute atomic E-state index is 0.125. The van der Waals surface area contributed by atoms with Gasteiger partial charge in [-0.1, -0.05) is 24.3 Å². The first kappa shape index (κ1) is 16.6. The van der Waals surface area contributed by atoms with Crippen molar-refractivity contribution < 1.29 is 9.53 Å². The van der Waals surface area contributed by atoms with E-state index in [4.69, 9.17) is 9.84 Å². The normalized spacial score (nSPS) is 20.9. The fraction of sp³-hybridized carbons (Fsp3) is 0.429. The molecule has 0 aliphatic carbocycles. The van der Waals surface area contributed by atoms with Gasteiger partial charge in [-0.15, -0.1) is 0 Å². The van der Waals surface area contributed by atoms with Crippen LogP contribution >= 0.6 is 0 Å². The first-order valence-electron chi connectivity index (χ1n) is 9.69. The average molecular weight is 364 g/mol. The van der Waals surface area contributed by atoms with Crippen LogP contribution in [0.15, 0.2) is 24.3 Å². The molecule has 1 aromatic carbocycles. The van der Waals surface area contributed by atoms with E-state index in [1.54, 1.807) is 6.92 Å². The van der Waals surface area contributed by atoms with Gasteiger partial charge in [-0.2, -0.15) is 5.10 Å². The van der Waals surface area contributed by atoms with Crippen LogP contribution < -0.4 is 5.32 Å². The summed E-state index contributed by atoms with van der Waals surface area (Å²) in [6.07, 6.45) is 6.17. The molecule has 1 unspecified atom stereocenters. The van der Waals surface area contributed by atoms with Crippen LogP contribution in [0.4, 0.5) is 5.69 Å². The van der Waals surface area contributed by atoms with Crippen molar-refractivity contribution in [2.75, 3.05) is 31.6 Å². The van der Waals surface area contributed by atoms with Crippen molar-refractivity contribution in [2.45, 2.75) is 32.4 Å². The van der Waals surface area contributed by atoms with Gasteiger partial charge in [-0.05, 0) is 12.5 Å². The maximum Gasteiger partial charge on any atom is 0.219 e. The van der Waals surface area contributed by atoms with E-state index in [2.05, 4.69) is 40.3 Å². The number of anilines is 1. The van der Waals surface area contributed by atoms with Crippen molar-refractivity contribution in [2.24, 2.45) is 0 Å². The zero-order chi connectivity index (χ0) is 18.4. The fourth-order valence-electron chi connectivity index (χ4n) is 4.40. The van der Waals surface area contributed by atoms with Crippen molar-refractivity contribution in [1.29, 1.82) is 0 Å². The Labute approximate surface area is 158 Å². The number of nitrogens with one attached hydrogen (secondary N) is 1. The Hall–Kier alpha value is -2.60. The second kappa shape index (κ2) is 6.53. The summed E-state index contributed by atoms with van der Waals surface area (Å²) in [5, 5.41) is 8.52. The van der Waals surface area contributed by atoms with E-state index >= 15 is 0 Å². The molecule has 6 nitrogen and oxygen atoms in total. The third kappa shape index (κ3) is 2.75. The topological polar surface area (TPSA) is 59.4 Å². The van der Waals surface area contributed by atoms with Crippen LogP contribution in [-0.4, -0.2) is 46.9 Å². The quantitative estimate of drug-likeness (QED) is 0.890. The molecule has 6 heteroatoms. The summed E-state index contributed by atoms with van der Waals surface area (Å²) < 4.78 is 7.81. The molecule has 1 fully saturated rings. The summed E-state index contributed by atoms with van der Waals surface area (Å²) in [6.45, 7) is 5.40. The lowest BCUT2D eigenvalue weighted by Gasteiger charge is -2.27. The van der Waals surface area contributed by atoms with Gasteiger partial charge in [0.1, 0.15) is 0 Å². The van der Waals surface area contributed by atoms with Gasteiger partial charge in [0, 0.05) is 67.7 Å². The molecule has 0 radical (unpaired) electrons. The third-order valence-electron chi connectivity index (χ3n) is 5.84. The Kier molecular flexibility index (Phi) is 4.01. The Balaban J connectivity index is 1.67. The smallest absolute Gasteiger partial charge is 0.219 e. The highest BCUT2D eigenvalue weighted by Gasteiger charge is 2.31. The van der Waals surface area contributed by atoms with Crippen molar-refractivity contribution in [1.82, 2.24) is 14.7 Å². The third-order valence-corrected chi connectivity index (χ3v) is 5.84. The molecule has 1 amide bonds. The van der Waals surface area contributed by atoms with Crippen LogP contribution in [0.1, 0.15) is 36.2 Å². The molecule has 0 bridgehead atoms. The molecule has 3 aliphatic rings. The molecule has 27 heavy (non-hydrogen) atoms. The number of rotatable bonds is 2. The fourth-order valence-corrected chi connectivity index (χ4v) is 4.40. The molecule has 1 aromatic heterocycles. The predicted octanol–water partition coefficient (Wildman–Crippen LogP) is 2.85. The van der Waals surface area contributed by atoms with E-state index < -0.39 is 0 Å². The van der Waals surface area contributed by atoms with Crippen molar-refractivity contribution >= 4 is 17.7 Å². The summed E-state index contributed by atoms with van der Waals surface area (Å²) in [4.78, 5) is 13.9. The molecule has 1 atom stereocenters. The zero-order valence-corrected chi connectivity index (χ0v) is 15.6. The Morgan fingerprint density at radius 2 is 2.30 bits per heavy atom. The van der Waals surface area contributed by atoms with Gasteiger partial charge < -0.3 is 15.0 Å². The summed E-state index contributed by atoms with van der Waals surface area (Å²) in [5.41, 5.74) is 6.92. The Morgan fingerprint density at radius 1 is 1.37 bits per heavy atom. The van der Waals surface area contributed by atoms with E-state index in [9.17, 15) is 4.79 Å². The number of benzene rings is 1. The van der Waals surface area contributed by atoms with Gasteiger partial charge >= 0.3 is 0 Å². The number of carbonyl (C=O) groups is 1. The summed E-state index contributed by atoms with van der Waals surface area (Å²) in [7, 11) is 0. The van der Waals surface area contributed by atoms with Crippen molar-refractivity contribution in [3.05, 3.63) is 41.1 Å². The van der Waals surface area contributed by atoms with Crippen LogP contribution in [0.5, 0.6) is 0 Å². The number of fused-ring (bicyclic) bond motifs is 2. The largest absolute Gasteiger partial charge is 0.381 e. The molecular weight excluding hydrogens is 340 g/mol. The van der Waals surface area contributed by atoms with E-state index in [0.29, 0.717) is 12.6 Å². The number of nitrogens with zero attached hydrogens (tertiary/aromatic N) is 3. The highest BCUT2D eigenvalue weighted by atomic mass is 16.5. The molecular formula is C21H24N4O2. The summed E-state index contributed by atoms with van der Waals surface area (Å²) in [5.74, 6) is 0.125. The van der Waals surface area contributed by atoms with E-state index in [1.165, 1.54) is 16.8 Å². The number of aromatic nitrogens is 2. The highest BCUT2D eigenvalue weighted by molar-refractivity contribution is 5.85. The lowest BCUT2D eigenvalue weighted by Crippen LogP contribution is -2.35. The van der Waals surface area contributed by atoms with Gasteiger partial charge in [0.25, 0.3) is 0 Å². The number of carbonyl (C=O) groups excluding carboxylic acids is 1. The second-order valence-corrected chi connectivity index (χ2v) is 7.48. The molecule has 1 N–H and O–H groups in total. The lowest BCUT2D eigenvalue weighted by atomic mass is 9.95. The standard InChI is InChI=1S/C21H24N4O2/c1-14(26)24-10-7-20-18(12-24)21(23-25(20)15-8-11-27-13-15)17-4-2-6-19-16(17)5-3-9-22-19/h2-6,15,22H,7-13H2,1H3. The lowest BCUT2D eigenvalue weighted by molar-refractivity contribution is -0.129. The maximum atomic E-state index is 12.0. The number of amides is 1. The molecule has 4 heterocycles. The minimum atomic E-state index is 0.125. The molecule has 1 saturated heterocycles. The highest BCUT2D eigenvalue weighted by Crippen LogP contribution is 2.38. The van der Waals surface area contributed by atoms with Crippen LogP contribution in [0.25, 0.3) is 17.3 Å². The van der Waals surface area contributed by atoms with Gasteiger partial charge in [-0.3, -0.25) is 9.48 Å². The molecule has 5 rings (SSSR count). The van der Waals surface area contributed by atoms with E-state index in [0.717, 1.165) is 56.1 Å².